The van der Waals surface area contributed by atoms with Gasteiger partial charge in [-0.2, -0.15) is 5.10 Å². The van der Waals surface area contributed by atoms with E-state index in [0.717, 1.165) is 18.8 Å². The van der Waals surface area contributed by atoms with E-state index < -0.39 is 0 Å². The van der Waals surface area contributed by atoms with Crippen LogP contribution in [0.3, 0.4) is 0 Å². The molecule has 0 saturated carbocycles. The maximum atomic E-state index is 5.63. The Morgan fingerprint density at radius 1 is 1.55 bits per heavy atom. The van der Waals surface area contributed by atoms with Gasteiger partial charge in [0.05, 0.1) is 11.9 Å². The van der Waals surface area contributed by atoms with E-state index in [1.54, 1.807) is 6.20 Å². The van der Waals surface area contributed by atoms with Crippen molar-refractivity contribution in [2.75, 3.05) is 23.7 Å². The molecule has 62 valence electrons. The van der Waals surface area contributed by atoms with Gasteiger partial charge in [-0.15, -0.1) is 0 Å². The van der Waals surface area contributed by atoms with Crippen LogP contribution in [0.25, 0.3) is 0 Å². The molecule has 3 N–H and O–H groups in total. The summed E-state index contributed by atoms with van der Waals surface area (Å²) in [7, 11) is 0. The molecule has 0 aliphatic carbocycles. The lowest BCUT2D eigenvalue weighted by atomic mass is 10.4. The fourth-order valence-electron chi connectivity index (χ4n) is 1.11. The highest BCUT2D eigenvalue weighted by atomic mass is 15.2. The Bertz CT molecular complexity index is 214. The predicted octanol–water partition coefficient (Wildman–Crippen LogP) is 0.838. The Morgan fingerprint density at radius 2 is 2.18 bits per heavy atom. The molecule has 1 heterocycles. The van der Waals surface area contributed by atoms with Gasteiger partial charge < -0.3 is 10.6 Å². The van der Waals surface area contributed by atoms with Crippen molar-refractivity contribution in [1.29, 1.82) is 0 Å². The summed E-state index contributed by atoms with van der Waals surface area (Å²) in [4.78, 5) is 2.15. The zero-order valence-electron chi connectivity index (χ0n) is 6.96. The topological polar surface area (TPSA) is 57.9 Å². The summed E-state index contributed by atoms with van der Waals surface area (Å²) in [5.74, 6) is 0.647. The molecule has 0 aromatic carbocycles. The molecule has 1 aromatic rings. The average Bonchev–Trinajstić information content (AvgIpc) is 2.40. The molecular weight excluding hydrogens is 140 g/mol. The summed E-state index contributed by atoms with van der Waals surface area (Å²) < 4.78 is 0. The number of nitrogens with zero attached hydrogens (tertiary/aromatic N) is 2. The fraction of sp³-hybridized carbons (Fsp3) is 0.571. The van der Waals surface area contributed by atoms with Gasteiger partial charge in [-0.1, -0.05) is 0 Å². The van der Waals surface area contributed by atoms with E-state index in [4.69, 9.17) is 5.73 Å². The molecule has 0 fully saturated rings. The second-order valence-corrected chi connectivity index (χ2v) is 2.34. The molecule has 0 spiro atoms. The molecule has 0 aliphatic heterocycles. The molecule has 4 nitrogen and oxygen atoms in total. The Kier molecular flexibility index (Phi) is 2.36. The van der Waals surface area contributed by atoms with Crippen LogP contribution in [-0.2, 0) is 0 Å². The number of nitrogens with two attached hydrogens (primary N) is 1. The van der Waals surface area contributed by atoms with E-state index in [0.29, 0.717) is 5.82 Å². The van der Waals surface area contributed by atoms with Crippen LogP contribution in [0.2, 0.25) is 0 Å². The molecule has 1 rings (SSSR count). The van der Waals surface area contributed by atoms with E-state index in [-0.39, 0.29) is 0 Å². The number of nitrogen functional groups attached to an aromatic ring is 1. The summed E-state index contributed by atoms with van der Waals surface area (Å²) >= 11 is 0. The number of anilines is 2. The Labute approximate surface area is 66.4 Å². The minimum absolute atomic E-state index is 0.647. The van der Waals surface area contributed by atoms with Gasteiger partial charge in [0, 0.05) is 13.1 Å². The van der Waals surface area contributed by atoms with Gasteiger partial charge in [-0.25, -0.2) is 0 Å². The SMILES string of the molecule is CCN(CC)c1cn[nH]c1N. The van der Waals surface area contributed by atoms with E-state index >= 15 is 0 Å². The first-order valence-electron chi connectivity index (χ1n) is 3.83. The highest BCUT2D eigenvalue weighted by molar-refractivity contribution is 5.61. The lowest BCUT2D eigenvalue weighted by molar-refractivity contribution is 0.868. The Morgan fingerprint density at radius 3 is 2.55 bits per heavy atom. The van der Waals surface area contributed by atoms with Crippen molar-refractivity contribution in [2.45, 2.75) is 13.8 Å². The third-order valence-corrected chi connectivity index (χ3v) is 1.75. The third kappa shape index (κ3) is 1.45. The first kappa shape index (κ1) is 7.91. The summed E-state index contributed by atoms with van der Waals surface area (Å²) in [6.07, 6.45) is 1.75. The van der Waals surface area contributed by atoms with Crippen molar-refractivity contribution in [2.24, 2.45) is 0 Å². The number of H-pyrrole nitrogens is 1. The number of nitrogens with one attached hydrogen (secondary N) is 1. The van der Waals surface area contributed by atoms with Crippen molar-refractivity contribution < 1.29 is 0 Å². The van der Waals surface area contributed by atoms with Crippen LogP contribution in [0.1, 0.15) is 13.8 Å². The number of aromatic nitrogens is 2. The maximum Gasteiger partial charge on any atom is 0.142 e. The van der Waals surface area contributed by atoms with E-state index in [1.165, 1.54) is 0 Å². The zero-order chi connectivity index (χ0) is 8.27. The molecule has 0 aliphatic rings. The predicted molar refractivity (Wildman–Crippen MR) is 46.6 cm³/mol. The molecule has 4 heteroatoms. The lowest BCUT2D eigenvalue weighted by Crippen LogP contribution is -2.22. The third-order valence-electron chi connectivity index (χ3n) is 1.75. The summed E-state index contributed by atoms with van der Waals surface area (Å²) in [6.45, 7) is 6.10. The second-order valence-electron chi connectivity index (χ2n) is 2.34. The lowest BCUT2D eigenvalue weighted by Gasteiger charge is -2.18. The summed E-state index contributed by atoms with van der Waals surface area (Å²) in [5.41, 5.74) is 6.63. The normalized spacial score (nSPS) is 10.0. The smallest absolute Gasteiger partial charge is 0.142 e. The van der Waals surface area contributed by atoms with Crippen LogP contribution in [0.5, 0.6) is 0 Å². The Balaban J connectivity index is 2.81. The highest BCUT2D eigenvalue weighted by Crippen LogP contribution is 2.18. The van der Waals surface area contributed by atoms with Crippen molar-refractivity contribution in [3.63, 3.8) is 0 Å². The zero-order valence-corrected chi connectivity index (χ0v) is 6.96. The van der Waals surface area contributed by atoms with Crippen LogP contribution in [0, 0.1) is 0 Å². The average molecular weight is 154 g/mol. The molecule has 0 amide bonds. The monoisotopic (exact) mass is 154 g/mol. The molecule has 0 unspecified atom stereocenters. The first-order chi connectivity index (χ1) is 5.29. The quantitative estimate of drug-likeness (QED) is 0.678. The van der Waals surface area contributed by atoms with E-state index in [1.807, 2.05) is 0 Å². The first-order valence-corrected chi connectivity index (χ1v) is 3.83. The summed E-state index contributed by atoms with van der Waals surface area (Å²) in [5, 5.41) is 6.55. The molecule has 1 aromatic heterocycles. The van der Waals surface area contributed by atoms with Crippen LogP contribution in [0.4, 0.5) is 11.5 Å². The molecule has 0 bridgehead atoms. The second kappa shape index (κ2) is 3.27. The van der Waals surface area contributed by atoms with Crippen molar-refractivity contribution in [3.05, 3.63) is 6.20 Å². The molecule has 0 radical (unpaired) electrons. The molecular formula is C7H14N4. The van der Waals surface area contributed by atoms with Gasteiger partial charge in [-0.05, 0) is 13.8 Å². The number of rotatable bonds is 3. The van der Waals surface area contributed by atoms with Gasteiger partial charge in [0.15, 0.2) is 0 Å². The fourth-order valence-corrected chi connectivity index (χ4v) is 1.11. The van der Waals surface area contributed by atoms with Gasteiger partial charge in [0.2, 0.25) is 0 Å². The highest BCUT2D eigenvalue weighted by Gasteiger charge is 2.06. The van der Waals surface area contributed by atoms with Gasteiger partial charge in [-0.3, -0.25) is 5.10 Å². The number of aromatic amines is 1. The van der Waals surface area contributed by atoms with Gasteiger partial charge in [0.25, 0.3) is 0 Å². The van der Waals surface area contributed by atoms with Crippen LogP contribution >= 0.6 is 0 Å². The van der Waals surface area contributed by atoms with E-state index in [9.17, 15) is 0 Å². The number of hydrogen-bond donors (Lipinski definition) is 2. The van der Waals surface area contributed by atoms with E-state index in [2.05, 4.69) is 28.9 Å². The van der Waals surface area contributed by atoms with Gasteiger partial charge >= 0.3 is 0 Å². The minimum Gasteiger partial charge on any atom is -0.382 e. The minimum atomic E-state index is 0.647. The Hall–Kier alpha value is -1.19. The van der Waals surface area contributed by atoms with Crippen molar-refractivity contribution >= 4 is 11.5 Å². The van der Waals surface area contributed by atoms with Crippen molar-refractivity contribution in [1.82, 2.24) is 10.2 Å². The summed E-state index contributed by atoms with van der Waals surface area (Å²) in [6, 6.07) is 0. The maximum absolute atomic E-state index is 5.63. The van der Waals surface area contributed by atoms with Crippen molar-refractivity contribution in [3.8, 4) is 0 Å². The number of hydrogen-bond acceptors (Lipinski definition) is 3. The van der Waals surface area contributed by atoms with Crippen LogP contribution in [0.15, 0.2) is 6.20 Å². The van der Waals surface area contributed by atoms with Crippen LogP contribution < -0.4 is 10.6 Å². The molecule has 0 atom stereocenters. The van der Waals surface area contributed by atoms with Gasteiger partial charge in [0.1, 0.15) is 5.82 Å². The van der Waals surface area contributed by atoms with Crippen LogP contribution in [-0.4, -0.2) is 23.3 Å². The molecule has 11 heavy (non-hydrogen) atoms. The standard InChI is InChI=1S/C7H14N4/c1-3-11(4-2)6-5-9-10-7(6)8/h5H,3-4H2,1-2H3,(H3,8,9,10). The largest absolute Gasteiger partial charge is 0.382 e. The molecule has 0 saturated heterocycles.